The van der Waals surface area contributed by atoms with Crippen LogP contribution in [0.25, 0.3) is 10.9 Å². The van der Waals surface area contributed by atoms with Gasteiger partial charge in [-0.15, -0.1) is 0 Å². The van der Waals surface area contributed by atoms with Gasteiger partial charge in [0.25, 0.3) is 0 Å². The maximum Gasteiger partial charge on any atom is 0.140 e. The lowest BCUT2D eigenvalue weighted by molar-refractivity contribution is 1.09. The van der Waals surface area contributed by atoms with Crippen LogP contribution in [-0.4, -0.2) is 9.97 Å². The summed E-state index contributed by atoms with van der Waals surface area (Å²) < 4.78 is 1.15. The summed E-state index contributed by atoms with van der Waals surface area (Å²) in [4.78, 5) is 8.52. The van der Waals surface area contributed by atoms with E-state index in [1.165, 1.54) is 5.56 Å². The number of benzene rings is 1. The third kappa shape index (κ3) is 1.59. The van der Waals surface area contributed by atoms with Crippen molar-refractivity contribution < 1.29 is 0 Å². The molecular formula is C10H8ClIN2. The Bertz CT molecular complexity index is 511. The van der Waals surface area contributed by atoms with E-state index in [2.05, 4.69) is 39.5 Å². The molecule has 14 heavy (non-hydrogen) atoms. The van der Waals surface area contributed by atoms with E-state index in [4.69, 9.17) is 11.6 Å². The summed E-state index contributed by atoms with van der Waals surface area (Å²) in [6.45, 7) is 3.91. The lowest BCUT2D eigenvalue weighted by atomic mass is 10.2. The highest BCUT2D eigenvalue weighted by molar-refractivity contribution is 14.1. The van der Waals surface area contributed by atoms with Crippen LogP contribution in [0.2, 0.25) is 5.15 Å². The Hall–Kier alpha value is -0.420. The first-order valence-corrected chi connectivity index (χ1v) is 5.64. The lowest BCUT2D eigenvalue weighted by Crippen LogP contribution is -1.93. The quantitative estimate of drug-likeness (QED) is 0.549. The number of rotatable bonds is 0. The van der Waals surface area contributed by atoms with Gasteiger partial charge >= 0.3 is 0 Å². The molecular weight excluding hydrogens is 310 g/mol. The molecule has 0 aliphatic carbocycles. The molecule has 0 bridgehead atoms. The van der Waals surface area contributed by atoms with E-state index >= 15 is 0 Å². The number of hydrogen-bond donors (Lipinski definition) is 0. The minimum Gasteiger partial charge on any atom is -0.232 e. The van der Waals surface area contributed by atoms with Crippen LogP contribution >= 0.6 is 34.2 Å². The standard InChI is InChI=1S/C10H8ClIN2/c1-5-3-4-7-9(8(5)12)13-6(2)14-10(7)11/h3-4H,1-2H3. The Morgan fingerprint density at radius 3 is 2.64 bits per heavy atom. The molecule has 0 atom stereocenters. The second-order valence-corrected chi connectivity index (χ2v) is 4.59. The number of aromatic nitrogens is 2. The molecule has 0 fully saturated rings. The van der Waals surface area contributed by atoms with Crippen LogP contribution in [0, 0.1) is 17.4 Å². The van der Waals surface area contributed by atoms with Gasteiger partial charge in [0.1, 0.15) is 11.0 Å². The van der Waals surface area contributed by atoms with Crippen LogP contribution in [0.1, 0.15) is 11.4 Å². The predicted octanol–water partition coefficient (Wildman–Crippen LogP) is 3.50. The molecule has 72 valence electrons. The molecule has 0 unspecified atom stereocenters. The van der Waals surface area contributed by atoms with Crippen LogP contribution in [-0.2, 0) is 0 Å². The Morgan fingerprint density at radius 1 is 1.21 bits per heavy atom. The summed E-state index contributed by atoms with van der Waals surface area (Å²) in [6, 6.07) is 4.00. The maximum atomic E-state index is 6.03. The van der Waals surface area contributed by atoms with Crippen molar-refractivity contribution >= 4 is 45.1 Å². The van der Waals surface area contributed by atoms with Crippen molar-refractivity contribution in [2.45, 2.75) is 13.8 Å². The van der Waals surface area contributed by atoms with E-state index in [0.29, 0.717) is 11.0 Å². The predicted molar refractivity (Wildman–Crippen MR) is 66.7 cm³/mol. The van der Waals surface area contributed by atoms with Crippen molar-refractivity contribution in [2.75, 3.05) is 0 Å². The highest BCUT2D eigenvalue weighted by Gasteiger charge is 2.07. The van der Waals surface area contributed by atoms with Crippen molar-refractivity contribution in [2.24, 2.45) is 0 Å². The zero-order chi connectivity index (χ0) is 10.3. The van der Waals surface area contributed by atoms with Gasteiger partial charge in [-0.25, -0.2) is 9.97 Å². The van der Waals surface area contributed by atoms with Gasteiger partial charge in [0, 0.05) is 8.96 Å². The van der Waals surface area contributed by atoms with Crippen LogP contribution in [0.3, 0.4) is 0 Å². The Kier molecular flexibility index (Phi) is 2.62. The van der Waals surface area contributed by atoms with Gasteiger partial charge in [0.05, 0.1) is 5.52 Å². The normalized spacial score (nSPS) is 10.9. The Balaban J connectivity index is 2.95. The van der Waals surface area contributed by atoms with Crippen LogP contribution in [0.5, 0.6) is 0 Å². The summed E-state index contributed by atoms with van der Waals surface area (Å²) in [6.07, 6.45) is 0. The second kappa shape index (κ2) is 3.62. The van der Waals surface area contributed by atoms with E-state index in [1.54, 1.807) is 0 Å². The topological polar surface area (TPSA) is 25.8 Å². The molecule has 2 nitrogen and oxygen atoms in total. The molecule has 2 rings (SSSR count). The Labute approximate surface area is 101 Å². The summed E-state index contributed by atoms with van der Waals surface area (Å²) in [5.41, 5.74) is 2.16. The average Bonchev–Trinajstić information content (AvgIpc) is 2.12. The molecule has 0 amide bonds. The molecule has 0 saturated heterocycles. The first-order valence-electron chi connectivity index (χ1n) is 4.18. The molecule has 0 aliphatic rings. The molecule has 0 aliphatic heterocycles. The molecule has 1 aromatic heterocycles. The second-order valence-electron chi connectivity index (χ2n) is 3.15. The van der Waals surface area contributed by atoms with Crippen LogP contribution < -0.4 is 0 Å². The monoisotopic (exact) mass is 318 g/mol. The number of nitrogens with zero attached hydrogens (tertiary/aromatic N) is 2. The zero-order valence-electron chi connectivity index (χ0n) is 7.81. The van der Waals surface area contributed by atoms with Gasteiger partial charge in [-0.3, -0.25) is 0 Å². The highest BCUT2D eigenvalue weighted by atomic mass is 127. The van der Waals surface area contributed by atoms with Gasteiger partial charge in [-0.2, -0.15) is 0 Å². The lowest BCUT2D eigenvalue weighted by Gasteiger charge is -2.05. The minimum atomic E-state index is 0.533. The molecule has 4 heteroatoms. The highest BCUT2D eigenvalue weighted by Crippen LogP contribution is 2.26. The first-order chi connectivity index (χ1) is 6.59. The molecule has 0 saturated carbocycles. The van der Waals surface area contributed by atoms with E-state index in [9.17, 15) is 0 Å². The first kappa shape index (κ1) is 10.1. The third-order valence-electron chi connectivity index (χ3n) is 2.07. The molecule has 2 aromatic rings. The summed E-state index contributed by atoms with van der Waals surface area (Å²) >= 11 is 8.32. The van der Waals surface area contributed by atoms with E-state index in [0.717, 1.165) is 14.5 Å². The fraction of sp³-hybridized carbons (Fsp3) is 0.200. The van der Waals surface area contributed by atoms with Gasteiger partial charge < -0.3 is 0 Å². The summed E-state index contributed by atoms with van der Waals surface area (Å²) in [5.74, 6) is 0.714. The van der Waals surface area contributed by atoms with Crippen molar-refractivity contribution in [1.82, 2.24) is 9.97 Å². The Morgan fingerprint density at radius 2 is 1.93 bits per heavy atom. The number of halogens is 2. The number of fused-ring (bicyclic) bond motifs is 1. The van der Waals surface area contributed by atoms with E-state index in [-0.39, 0.29) is 0 Å². The maximum absolute atomic E-state index is 6.03. The van der Waals surface area contributed by atoms with Crippen molar-refractivity contribution in [1.29, 1.82) is 0 Å². The third-order valence-corrected chi connectivity index (χ3v) is 3.71. The van der Waals surface area contributed by atoms with Gasteiger partial charge in [-0.1, -0.05) is 17.7 Å². The SMILES string of the molecule is Cc1nc(Cl)c2ccc(C)c(I)c2n1. The minimum absolute atomic E-state index is 0.533. The van der Waals surface area contributed by atoms with Crippen LogP contribution in [0.4, 0.5) is 0 Å². The van der Waals surface area contributed by atoms with Crippen molar-refractivity contribution in [3.63, 3.8) is 0 Å². The summed E-state index contributed by atoms with van der Waals surface area (Å²) in [5, 5.41) is 1.46. The largest absolute Gasteiger partial charge is 0.232 e. The fourth-order valence-electron chi connectivity index (χ4n) is 1.33. The number of aryl methyl sites for hydroxylation is 2. The van der Waals surface area contributed by atoms with Gasteiger partial charge in [0.15, 0.2) is 0 Å². The van der Waals surface area contributed by atoms with E-state index < -0.39 is 0 Å². The molecule has 1 heterocycles. The van der Waals surface area contributed by atoms with Gasteiger partial charge in [0.2, 0.25) is 0 Å². The molecule has 0 radical (unpaired) electrons. The average molecular weight is 319 g/mol. The van der Waals surface area contributed by atoms with Crippen LogP contribution in [0.15, 0.2) is 12.1 Å². The van der Waals surface area contributed by atoms with Crippen molar-refractivity contribution in [3.05, 3.63) is 32.2 Å². The van der Waals surface area contributed by atoms with Gasteiger partial charge in [-0.05, 0) is 48.1 Å². The summed E-state index contributed by atoms with van der Waals surface area (Å²) in [7, 11) is 0. The molecule has 0 spiro atoms. The molecule has 0 N–H and O–H groups in total. The number of hydrogen-bond acceptors (Lipinski definition) is 2. The smallest absolute Gasteiger partial charge is 0.140 e. The molecule has 1 aromatic carbocycles. The van der Waals surface area contributed by atoms with Crippen molar-refractivity contribution in [3.8, 4) is 0 Å². The zero-order valence-corrected chi connectivity index (χ0v) is 10.7. The fourth-order valence-corrected chi connectivity index (χ4v) is 2.20. The van der Waals surface area contributed by atoms with E-state index in [1.807, 2.05) is 19.1 Å².